The lowest BCUT2D eigenvalue weighted by molar-refractivity contribution is 0.208. The summed E-state index contributed by atoms with van der Waals surface area (Å²) in [4.78, 5) is 8.75. The number of hydrogen-bond donors (Lipinski definition) is 0. The summed E-state index contributed by atoms with van der Waals surface area (Å²) in [6.45, 7) is 2.02. The topological polar surface area (TPSA) is 34.5 Å². The second-order valence-corrected chi connectivity index (χ2v) is 3.95. The molecule has 0 N–H and O–H groups in total. The molecule has 3 heteroatoms. The van der Waals surface area contributed by atoms with E-state index >= 15 is 0 Å². The Morgan fingerprint density at radius 2 is 1.88 bits per heavy atom. The lowest BCUT2D eigenvalue weighted by atomic mass is 10.1. The van der Waals surface area contributed by atoms with E-state index in [1.807, 2.05) is 49.4 Å². The fraction of sp³-hybridized carbons (Fsp3) is 0.143. The van der Waals surface area contributed by atoms with Crippen molar-refractivity contribution in [3.8, 4) is 0 Å². The highest BCUT2D eigenvalue weighted by Gasteiger charge is 2.20. The molecule has 3 nitrogen and oxygen atoms in total. The van der Waals surface area contributed by atoms with E-state index < -0.39 is 0 Å². The average Bonchev–Trinajstić information content (AvgIpc) is 2.40. The van der Waals surface area contributed by atoms with Crippen LogP contribution in [0.5, 0.6) is 0 Å². The van der Waals surface area contributed by atoms with Crippen molar-refractivity contribution >= 4 is 11.6 Å². The summed E-state index contributed by atoms with van der Waals surface area (Å²) < 4.78 is 5.79. The molecule has 0 bridgehead atoms. The summed E-state index contributed by atoms with van der Waals surface area (Å²) >= 11 is 0. The summed E-state index contributed by atoms with van der Waals surface area (Å²) in [6, 6.07) is 13.7. The van der Waals surface area contributed by atoms with Crippen LogP contribution in [0, 0.1) is 0 Å². The van der Waals surface area contributed by atoms with Gasteiger partial charge in [-0.05, 0) is 25.1 Å². The smallest absolute Gasteiger partial charge is 0.241 e. The molecule has 2 heterocycles. The molecule has 0 fully saturated rings. The Kier molecular flexibility index (Phi) is 2.37. The molecular weight excluding hydrogens is 212 g/mol. The van der Waals surface area contributed by atoms with Crippen LogP contribution in [0.25, 0.3) is 0 Å². The van der Waals surface area contributed by atoms with Gasteiger partial charge in [0.1, 0.15) is 11.8 Å². The van der Waals surface area contributed by atoms with Crippen LogP contribution in [0.3, 0.4) is 0 Å². The average molecular weight is 224 g/mol. The molecule has 1 aromatic heterocycles. The number of para-hydroxylation sites is 1. The summed E-state index contributed by atoms with van der Waals surface area (Å²) in [5.41, 5.74) is 2.85. The number of hydrogen-bond acceptors (Lipinski definition) is 3. The number of benzene rings is 1. The number of nitrogens with zero attached hydrogens (tertiary/aromatic N) is 2. The summed E-state index contributed by atoms with van der Waals surface area (Å²) in [7, 11) is 0. The van der Waals surface area contributed by atoms with Gasteiger partial charge in [0.05, 0.1) is 5.69 Å². The van der Waals surface area contributed by atoms with Crippen LogP contribution in [0.1, 0.15) is 24.3 Å². The normalized spacial score (nSPS) is 17.9. The molecule has 0 saturated heterocycles. The van der Waals surface area contributed by atoms with Gasteiger partial charge in [0, 0.05) is 11.8 Å². The van der Waals surface area contributed by atoms with E-state index in [2.05, 4.69) is 9.98 Å². The predicted molar refractivity (Wildman–Crippen MR) is 66.4 cm³/mol. The number of rotatable bonds is 1. The van der Waals surface area contributed by atoms with Crippen LogP contribution >= 0.6 is 0 Å². The summed E-state index contributed by atoms with van der Waals surface area (Å²) in [5.74, 6) is 0.594. The van der Waals surface area contributed by atoms with Crippen LogP contribution in [-0.2, 0) is 4.74 Å². The van der Waals surface area contributed by atoms with E-state index in [1.165, 1.54) is 0 Å². The van der Waals surface area contributed by atoms with Gasteiger partial charge >= 0.3 is 0 Å². The van der Waals surface area contributed by atoms with Gasteiger partial charge < -0.3 is 4.74 Å². The van der Waals surface area contributed by atoms with Gasteiger partial charge in [0.2, 0.25) is 5.90 Å². The van der Waals surface area contributed by atoms with Crippen LogP contribution in [-0.4, -0.2) is 10.9 Å². The maximum atomic E-state index is 5.79. The van der Waals surface area contributed by atoms with Gasteiger partial charge in [-0.25, -0.2) is 4.99 Å². The Morgan fingerprint density at radius 1 is 1.06 bits per heavy atom. The highest BCUT2D eigenvalue weighted by atomic mass is 16.5. The third-order valence-corrected chi connectivity index (χ3v) is 2.77. The first-order chi connectivity index (χ1) is 8.34. The molecule has 0 aliphatic carbocycles. The lowest BCUT2D eigenvalue weighted by Gasteiger charge is -2.22. The summed E-state index contributed by atoms with van der Waals surface area (Å²) in [5, 5.41) is 0. The van der Waals surface area contributed by atoms with Crippen molar-refractivity contribution in [3.63, 3.8) is 0 Å². The first-order valence-corrected chi connectivity index (χ1v) is 5.60. The van der Waals surface area contributed by atoms with Crippen LogP contribution < -0.4 is 0 Å². The first kappa shape index (κ1) is 10.0. The monoisotopic (exact) mass is 224 g/mol. The van der Waals surface area contributed by atoms with E-state index in [-0.39, 0.29) is 6.10 Å². The van der Waals surface area contributed by atoms with Gasteiger partial charge in [0.15, 0.2) is 0 Å². The largest absolute Gasteiger partial charge is 0.468 e. The van der Waals surface area contributed by atoms with E-state index in [0.717, 1.165) is 16.9 Å². The number of pyridine rings is 1. The quantitative estimate of drug-likeness (QED) is 0.745. The van der Waals surface area contributed by atoms with E-state index in [4.69, 9.17) is 4.74 Å². The zero-order valence-corrected chi connectivity index (χ0v) is 9.50. The second kappa shape index (κ2) is 4.01. The van der Waals surface area contributed by atoms with Crippen molar-refractivity contribution in [3.05, 3.63) is 59.9 Å². The van der Waals surface area contributed by atoms with Crippen LogP contribution in [0.15, 0.2) is 53.7 Å². The second-order valence-electron chi connectivity index (χ2n) is 3.95. The molecule has 0 saturated carbocycles. The lowest BCUT2D eigenvalue weighted by Crippen LogP contribution is -2.15. The van der Waals surface area contributed by atoms with Gasteiger partial charge in [-0.15, -0.1) is 0 Å². The third kappa shape index (κ3) is 1.80. The molecule has 3 rings (SSSR count). The fourth-order valence-corrected chi connectivity index (χ4v) is 1.91. The fourth-order valence-electron chi connectivity index (χ4n) is 1.91. The Morgan fingerprint density at radius 3 is 2.71 bits per heavy atom. The van der Waals surface area contributed by atoms with Crippen LogP contribution in [0.2, 0.25) is 0 Å². The molecule has 0 amide bonds. The minimum Gasteiger partial charge on any atom is -0.468 e. The van der Waals surface area contributed by atoms with Gasteiger partial charge in [0.25, 0.3) is 0 Å². The maximum absolute atomic E-state index is 5.79. The Labute approximate surface area is 99.8 Å². The van der Waals surface area contributed by atoms with Crippen LogP contribution in [0.4, 0.5) is 5.69 Å². The number of ether oxygens (including phenoxy) is 1. The zero-order valence-electron chi connectivity index (χ0n) is 9.50. The Hall–Kier alpha value is -2.16. The number of fused-ring (bicyclic) bond motifs is 1. The molecule has 0 radical (unpaired) electrons. The SMILES string of the molecule is CC1OC(c2ccccn2)=Nc2ccccc21. The zero-order chi connectivity index (χ0) is 11.7. The van der Waals surface area contributed by atoms with E-state index in [1.54, 1.807) is 6.20 Å². The van der Waals surface area contributed by atoms with Crippen molar-refractivity contribution in [2.24, 2.45) is 4.99 Å². The molecule has 2 aromatic rings. The molecule has 17 heavy (non-hydrogen) atoms. The van der Waals surface area contributed by atoms with Crippen molar-refractivity contribution in [1.82, 2.24) is 4.98 Å². The molecule has 1 atom stereocenters. The first-order valence-electron chi connectivity index (χ1n) is 5.60. The predicted octanol–water partition coefficient (Wildman–Crippen LogP) is 3.25. The molecule has 84 valence electrons. The standard InChI is InChI=1S/C14H12N2O/c1-10-11-6-2-3-7-12(11)16-14(17-10)13-8-4-5-9-15-13/h2-10H,1H3. The highest BCUT2D eigenvalue weighted by Crippen LogP contribution is 2.32. The van der Waals surface area contributed by atoms with Gasteiger partial charge in [-0.2, -0.15) is 0 Å². The highest BCUT2D eigenvalue weighted by molar-refractivity contribution is 5.95. The third-order valence-electron chi connectivity index (χ3n) is 2.77. The molecule has 1 unspecified atom stereocenters. The molecule has 1 aliphatic heterocycles. The van der Waals surface area contributed by atoms with Crippen molar-refractivity contribution in [1.29, 1.82) is 0 Å². The molecule has 1 aromatic carbocycles. The number of aromatic nitrogens is 1. The molecule has 1 aliphatic rings. The molecule has 0 spiro atoms. The summed E-state index contributed by atoms with van der Waals surface area (Å²) in [6.07, 6.45) is 1.76. The minimum absolute atomic E-state index is 0.0145. The number of aliphatic imine (C=N–C) groups is 1. The Bertz CT molecular complexity index is 563. The van der Waals surface area contributed by atoms with Gasteiger partial charge in [-0.3, -0.25) is 4.98 Å². The van der Waals surface area contributed by atoms with Crippen molar-refractivity contribution in [2.75, 3.05) is 0 Å². The molecular formula is C14H12N2O. The minimum atomic E-state index is 0.0145. The van der Waals surface area contributed by atoms with E-state index in [0.29, 0.717) is 5.90 Å². The Balaban J connectivity index is 2.08. The van der Waals surface area contributed by atoms with E-state index in [9.17, 15) is 0 Å². The van der Waals surface area contributed by atoms with Gasteiger partial charge in [-0.1, -0.05) is 24.3 Å². The maximum Gasteiger partial charge on any atom is 0.241 e. The van der Waals surface area contributed by atoms with Crippen molar-refractivity contribution < 1.29 is 4.74 Å². The van der Waals surface area contributed by atoms with Crippen molar-refractivity contribution in [2.45, 2.75) is 13.0 Å².